The van der Waals surface area contributed by atoms with E-state index in [2.05, 4.69) is 91.1 Å². The summed E-state index contributed by atoms with van der Waals surface area (Å²) >= 11 is 6.46. The van der Waals surface area contributed by atoms with Gasteiger partial charge in [-0.25, -0.2) is 0 Å². The summed E-state index contributed by atoms with van der Waals surface area (Å²) in [6, 6.07) is 30.9. The minimum absolute atomic E-state index is 0.0658. The normalized spacial score (nSPS) is 24.5. The average molecular weight is 396 g/mol. The Bertz CT molecular complexity index is 1260. The molecule has 1 nitrogen and oxygen atoms in total. The van der Waals surface area contributed by atoms with Crippen LogP contribution in [0.25, 0.3) is 10.8 Å². The van der Waals surface area contributed by atoms with E-state index in [4.69, 9.17) is 11.6 Å². The summed E-state index contributed by atoms with van der Waals surface area (Å²) in [5, 5.41) is 7.34. The largest absolute Gasteiger partial charge is 0.378 e. The lowest BCUT2D eigenvalue weighted by Gasteiger charge is -2.45. The summed E-state index contributed by atoms with van der Waals surface area (Å²) in [6.45, 7) is 2.41. The zero-order chi connectivity index (χ0) is 19.6. The van der Waals surface area contributed by atoms with Crippen molar-refractivity contribution in [3.8, 4) is 0 Å². The fourth-order valence-corrected chi connectivity index (χ4v) is 5.97. The quantitative estimate of drug-likeness (QED) is 0.361. The molecule has 0 unspecified atom stereocenters. The number of hydrogen-bond donors (Lipinski definition) is 1. The Morgan fingerprint density at radius 1 is 0.862 bits per heavy atom. The smallest absolute Gasteiger partial charge is 0.0563 e. The van der Waals surface area contributed by atoms with Crippen LogP contribution in [0.5, 0.6) is 0 Å². The van der Waals surface area contributed by atoms with Crippen molar-refractivity contribution in [3.05, 3.63) is 112 Å². The van der Waals surface area contributed by atoms with Gasteiger partial charge in [-0.15, -0.1) is 0 Å². The molecule has 1 heterocycles. The van der Waals surface area contributed by atoms with Crippen LogP contribution in [0, 0.1) is 5.92 Å². The number of halogens is 1. The third kappa shape index (κ3) is 2.34. The van der Waals surface area contributed by atoms with Crippen LogP contribution in [0.4, 0.5) is 5.69 Å². The summed E-state index contributed by atoms with van der Waals surface area (Å²) in [4.78, 5) is 0. The number of fused-ring (bicyclic) bond motifs is 6. The van der Waals surface area contributed by atoms with E-state index in [-0.39, 0.29) is 11.5 Å². The Hall–Kier alpha value is -2.77. The van der Waals surface area contributed by atoms with Gasteiger partial charge in [0.2, 0.25) is 0 Å². The molecule has 1 N–H and O–H groups in total. The molecule has 4 aromatic carbocycles. The minimum Gasteiger partial charge on any atom is -0.378 e. The van der Waals surface area contributed by atoms with Crippen molar-refractivity contribution >= 4 is 28.1 Å². The Morgan fingerprint density at radius 2 is 1.66 bits per heavy atom. The molecule has 0 amide bonds. The van der Waals surface area contributed by atoms with Crippen molar-refractivity contribution in [2.75, 3.05) is 5.32 Å². The van der Waals surface area contributed by atoms with Crippen molar-refractivity contribution in [1.29, 1.82) is 0 Å². The summed E-state index contributed by atoms with van der Waals surface area (Å²) in [5.41, 5.74) is 6.73. The molecule has 1 aliphatic heterocycles. The molecule has 0 saturated heterocycles. The zero-order valence-electron chi connectivity index (χ0n) is 16.3. The van der Waals surface area contributed by atoms with Gasteiger partial charge in [-0.3, -0.25) is 0 Å². The molecule has 142 valence electrons. The predicted molar refractivity (Wildman–Crippen MR) is 122 cm³/mol. The second-order valence-corrected chi connectivity index (χ2v) is 8.99. The maximum Gasteiger partial charge on any atom is 0.0563 e. The second kappa shape index (κ2) is 6.11. The maximum absolute atomic E-state index is 6.46. The lowest BCUT2D eigenvalue weighted by molar-refractivity contribution is 0.320. The maximum atomic E-state index is 6.46. The van der Waals surface area contributed by atoms with Crippen LogP contribution in [-0.4, -0.2) is 0 Å². The van der Waals surface area contributed by atoms with E-state index in [1.165, 1.54) is 38.7 Å². The van der Waals surface area contributed by atoms with E-state index in [0.717, 1.165) is 11.4 Å². The van der Waals surface area contributed by atoms with E-state index < -0.39 is 0 Å². The Balaban J connectivity index is 1.63. The van der Waals surface area contributed by atoms with Crippen LogP contribution in [0.2, 0.25) is 5.02 Å². The lowest BCUT2D eigenvalue weighted by Crippen LogP contribution is -2.41. The van der Waals surface area contributed by atoms with Crippen LogP contribution in [0.15, 0.2) is 84.9 Å². The van der Waals surface area contributed by atoms with Crippen molar-refractivity contribution in [2.24, 2.45) is 5.92 Å². The first kappa shape index (κ1) is 17.1. The topological polar surface area (TPSA) is 12.0 Å². The highest BCUT2D eigenvalue weighted by molar-refractivity contribution is 6.30. The first-order valence-electron chi connectivity index (χ1n) is 10.3. The molecule has 0 aromatic heterocycles. The van der Waals surface area contributed by atoms with Crippen LogP contribution in [0.1, 0.15) is 35.2 Å². The lowest BCUT2D eigenvalue weighted by atomic mass is 9.64. The van der Waals surface area contributed by atoms with E-state index in [9.17, 15) is 0 Å². The van der Waals surface area contributed by atoms with Gasteiger partial charge >= 0.3 is 0 Å². The molecule has 0 saturated carbocycles. The minimum atomic E-state index is -0.0658. The van der Waals surface area contributed by atoms with Gasteiger partial charge in [0.15, 0.2) is 0 Å². The monoisotopic (exact) mass is 395 g/mol. The third-order valence-corrected chi connectivity index (χ3v) is 7.41. The summed E-state index contributed by atoms with van der Waals surface area (Å²) in [6.07, 6.45) is 1.07. The standard InChI is InChI=1S/C27H22ClN/c1-27-22-12-5-3-8-18(22)15-24(27)26(29-25-14-13-19(28)16-23(25)27)21-11-6-9-17-7-2-4-10-20(17)21/h2-14,16,24,26,29H,15H2,1H3/t24-,26+,27+/m1/s1. The van der Waals surface area contributed by atoms with Crippen molar-refractivity contribution in [2.45, 2.75) is 24.8 Å². The van der Waals surface area contributed by atoms with E-state index in [1.54, 1.807) is 0 Å². The first-order chi connectivity index (χ1) is 14.2. The van der Waals surface area contributed by atoms with Crippen LogP contribution < -0.4 is 5.32 Å². The van der Waals surface area contributed by atoms with Crippen molar-refractivity contribution < 1.29 is 0 Å². The Morgan fingerprint density at radius 3 is 2.59 bits per heavy atom. The van der Waals surface area contributed by atoms with E-state index in [1.807, 2.05) is 6.07 Å². The molecule has 2 heteroatoms. The second-order valence-electron chi connectivity index (χ2n) is 8.55. The van der Waals surface area contributed by atoms with Gasteiger partial charge in [0.05, 0.1) is 6.04 Å². The van der Waals surface area contributed by atoms with Gasteiger partial charge in [0.25, 0.3) is 0 Å². The molecular formula is C27H22ClN. The first-order valence-corrected chi connectivity index (χ1v) is 10.7. The summed E-state index contributed by atoms with van der Waals surface area (Å²) in [7, 11) is 0. The molecule has 29 heavy (non-hydrogen) atoms. The van der Waals surface area contributed by atoms with Gasteiger partial charge in [0.1, 0.15) is 0 Å². The molecule has 4 aromatic rings. The number of benzene rings is 4. The fourth-order valence-electron chi connectivity index (χ4n) is 5.80. The van der Waals surface area contributed by atoms with Gasteiger partial charge in [-0.2, -0.15) is 0 Å². The van der Waals surface area contributed by atoms with E-state index in [0.29, 0.717) is 5.92 Å². The van der Waals surface area contributed by atoms with Gasteiger partial charge < -0.3 is 5.32 Å². The molecule has 0 bridgehead atoms. The molecule has 0 radical (unpaired) electrons. The highest BCUT2D eigenvalue weighted by atomic mass is 35.5. The van der Waals surface area contributed by atoms with Gasteiger partial charge in [0, 0.05) is 22.0 Å². The highest BCUT2D eigenvalue weighted by Crippen LogP contribution is 2.58. The zero-order valence-corrected chi connectivity index (χ0v) is 17.1. The molecular weight excluding hydrogens is 374 g/mol. The van der Waals surface area contributed by atoms with Crippen LogP contribution in [-0.2, 0) is 11.8 Å². The van der Waals surface area contributed by atoms with Crippen molar-refractivity contribution in [1.82, 2.24) is 0 Å². The van der Waals surface area contributed by atoms with Gasteiger partial charge in [-0.05, 0) is 57.6 Å². The third-order valence-electron chi connectivity index (χ3n) is 7.17. The molecule has 0 spiro atoms. The van der Waals surface area contributed by atoms with Gasteiger partial charge in [-0.1, -0.05) is 85.3 Å². The summed E-state index contributed by atoms with van der Waals surface area (Å²) < 4.78 is 0. The Kier molecular flexibility index (Phi) is 3.61. The molecule has 2 aliphatic rings. The van der Waals surface area contributed by atoms with Crippen molar-refractivity contribution in [3.63, 3.8) is 0 Å². The number of rotatable bonds is 1. The van der Waals surface area contributed by atoms with E-state index >= 15 is 0 Å². The van der Waals surface area contributed by atoms with Crippen LogP contribution >= 0.6 is 11.6 Å². The van der Waals surface area contributed by atoms with Crippen LogP contribution in [0.3, 0.4) is 0 Å². The number of anilines is 1. The average Bonchev–Trinajstić information content (AvgIpc) is 3.07. The molecule has 3 atom stereocenters. The fraction of sp³-hybridized carbons (Fsp3) is 0.185. The predicted octanol–water partition coefficient (Wildman–Crippen LogP) is 7.14. The summed E-state index contributed by atoms with van der Waals surface area (Å²) in [5.74, 6) is 0.427. The highest BCUT2D eigenvalue weighted by Gasteiger charge is 2.51. The number of hydrogen-bond acceptors (Lipinski definition) is 1. The molecule has 0 fully saturated rings. The molecule has 6 rings (SSSR count). The Labute approximate surface area is 176 Å². The molecule has 1 aliphatic carbocycles. The SMILES string of the molecule is C[C@@]12c3ccccc3C[C@@H]1[C@H](c1cccc3ccccc13)Nc1ccc(Cl)cc12. The number of nitrogens with one attached hydrogen (secondary N) is 1.